The van der Waals surface area contributed by atoms with E-state index in [4.69, 9.17) is 0 Å². The Kier molecular flexibility index (Phi) is 5.52. The van der Waals surface area contributed by atoms with Crippen LogP contribution >= 0.6 is 0 Å². The highest BCUT2D eigenvalue weighted by atomic mass is 16.2. The maximum atomic E-state index is 11.2. The van der Waals surface area contributed by atoms with Crippen molar-refractivity contribution in [1.29, 1.82) is 0 Å². The number of rotatable bonds is 5. The minimum Gasteiger partial charge on any atom is -0.355 e. The molecule has 0 bridgehead atoms. The van der Waals surface area contributed by atoms with E-state index >= 15 is 0 Å². The lowest BCUT2D eigenvalue weighted by molar-refractivity contribution is -0.137. The zero-order valence-corrected chi connectivity index (χ0v) is 8.79. The topological polar surface area (TPSA) is 66.5 Å². The summed E-state index contributed by atoms with van der Waals surface area (Å²) in [5, 5.41) is 2.57. The molecule has 0 radical (unpaired) electrons. The van der Waals surface area contributed by atoms with Gasteiger partial charge < -0.3 is 10.2 Å². The van der Waals surface area contributed by atoms with E-state index in [1.807, 2.05) is 0 Å². The zero-order chi connectivity index (χ0) is 11.1. The van der Waals surface area contributed by atoms with Gasteiger partial charge >= 0.3 is 0 Å². The fourth-order valence-electron chi connectivity index (χ4n) is 0.905. The predicted octanol–water partition coefficient (Wildman–Crippen LogP) is -0.440. The van der Waals surface area contributed by atoms with Crippen molar-refractivity contribution in [2.24, 2.45) is 0 Å². The van der Waals surface area contributed by atoms with Crippen LogP contribution in [0.25, 0.3) is 0 Å². The molecule has 5 nitrogen and oxygen atoms in total. The van der Waals surface area contributed by atoms with Crippen molar-refractivity contribution in [1.82, 2.24) is 10.2 Å². The Hall–Kier alpha value is -1.39. The fourth-order valence-corrected chi connectivity index (χ4v) is 0.905. The summed E-state index contributed by atoms with van der Waals surface area (Å²) >= 11 is 0. The lowest BCUT2D eigenvalue weighted by atomic mass is 10.3. The molecule has 0 aromatic carbocycles. The number of hydrogen-bond acceptors (Lipinski definition) is 3. The SMILES string of the molecule is CCNC(=O)CN(C)C(=O)CC(C)=O. The molecule has 14 heavy (non-hydrogen) atoms. The molecular formula is C9H16N2O3. The van der Waals surface area contributed by atoms with Gasteiger partial charge in [-0.05, 0) is 13.8 Å². The largest absolute Gasteiger partial charge is 0.355 e. The molecule has 0 saturated carbocycles. The molecule has 0 aliphatic heterocycles. The molecule has 0 aromatic rings. The van der Waals surface area contributed by atoms with Gasteiger partial charge in [-0.15, -0.1) is 0 Å². The van der Waals surface area contributed by atoms with E-state index in [9.17, 15) is 14.4 Å². The highest BCUT2D eigenvalue weighted by molar-refractivity contribution is 5.97. The van der Waals surface area contributed by atoms with Gasteiger partial charge in [-0.1, -0.05) is 0 Å². The van der Waals surface area contributed by atoms with Gasteiger partial charge in [0.1, 0.15) is 5.78 Å². The Morgan fingerprint density at radius 2 is 1.86 bits per heavy atom. The Morgan fingerprint density at radius 1 is 1.29 bits per heavy atom. The highest BCUT2D eigenvalue weighted by Crippen LogP contribution is 1.91. The average molecular weight is 200 g/mol. The summed E-state index contributed by atoms with van der Waals surface area (Å²) in [6, 6.07) is 0. The highest BCUT2D eigenvalue weighted by Gasteiger charge is 2.13. The monoisotopic (exact) mass is 200 g/mol. The summed E-state index contributed by atoms with van der Waals surface area (Å²) in [6.07, 6.45) is -0.143. The summed E-state index contributed by atoms with van der Waals surface area (Å²) in [7, 11) is 1.50. The normalized spacial score (nSPS) is 9.36. The summed E-state index contributed by atoms with van der Waals surface area (Å²) in [5.74, 6) is -0.742. The molecular weight excluding hydrogens is 184 g/mol. The minimum absolute atomic E-state index is 0.0000463. The van der Waals surface area contributed by atoms with Gasteiger partial charge in [0.05, 0.1) is 13.0 Å². The standard InChI is InChI=1S/C9H16N2O3/c1-4-10-8(13)6-11(3)9(14)5-7(2)12/h4-6H2,1-3H3,(H,10,13). The average Bonchev–Trinajstić information content (AvgIpc) is 2.02. The number of carbonyl (C=O) groups excluding carboxylic acids is 3. The van der Waals surface area contributed by atoms with Crippen LogP contribution in [0.5, 0.6) is 0 Å². The molecule has 0 heterocycles. The molecule has 80 valence electrons. The lowest BCUT2D eigenvalue weighted by Gasteiger charge is -2.15. The molecule has 0 aliphatic rings. The van der Waals surface area contributed by atoms with Crippen molar-refractivity contribution in [3.05, 3.63) is 0 Å². The van der Waals surface area contributed by atoms with Crippen molar-refractivity contribution >= 4 is 17.6 Å². The second-order valence-electron chi connectivity index (χ2n) is 3.08. The second kappa shape index (κ2) is 6.12. The number of nitrogens with one attached hydrogen (secondary N) is 1. The Labute approximate surface area is 83.5 Å². The first-order valence-electron chi connectivity index (χ1n) is 4.47. The maximum absolute atomic E-state index is 11.2. The van der Waals surface area contributed by atoms with Crippen molar-refractivity contribution in [2.75, 3.05) is 20.1 Å². The van der Waals surface area contributed by atoms with Crippen LogP contribution in [-0.2, 0) is 14.4 Å². The van der Waals surface area contributed by atoms with Crippen LogP contribution in [0, 0.1) is 0 Å². The lowest BCUT2D eigenvalue weighted by Crippen LogP contribution is -2.38. The second-order valence-corrected chi connectivity index (χ2v) is 3.08. The van der Waals surface area contributed by atoms with Crippen LogP contribution in [0.3, 0.4) is 0 Å². The van der Waals surface area contributed by atoms with Gasteiger partial charge in [0.2, 0.25) is 11.8 Å². The van der Waals surface area contributed by atoms with E-state index in [1.165, 1.54) is 18.9 Å². The first-order chi connectivity index (χ1) is 6.47. The van der Waals surface area contributed by atoms with E-state index in [0.717, 1.165) is 0 Å². The van der Waals surface area contributed by atoms with Gasteiger partial charge in [0.15, 0.2) is 0 Å². The molecule has 0 aliphatic carbocycles. The fraction of sp³-hybridized carbons (Fsp3) is 0.667. The number of ketones is 1. The van der Waals surface area contributed by atoms with E-state index in [2.05, 4.69) is 5.32 Å². The van der Waals surface area contributed by atoms with Crippen molar-refractivity contribution in [3.8, 4) is 0 Å². The van der Waals surface area contributed by atoms with E-state index in [1.54, 1.807) is 6.92 Å². The Bertz CT molecular complexity index is 238. The molecule has 0 aromatic heterocycles. The third kappa shape index (κ3) is 5.29. The van der Waals surface area contributed by atoms with Crippen LogP contribution in [0.1, 0.15) is 20.3 Å². The maximum Gasteiger partial charge on any atom is 0.239 e. The molecule has 2 amide bonds. The molecule has 1 N–H and O–H groups in total. The van der Waals surface area contributed by atoms with E-state index < -0.39 is 0 Å². The molecule has 0 fully saturated rings. The van der Waals surface area contributed by atoms with Gasteiger partial charge in [0.25, 0.3) is 0 Å². The quantitative estimate of drug-likeness (QED) is 0.612. The van der Waals surface area contributed by atoms with Crippen LogP contribution < -0.4 is 5.32 Å². The number of amides is 2. The molecule has 0 unspecified atom stereocenters. The van der Waals surface area contributed by atoms with Crippen LogP contribution in [-0.4, -0.2) is 42.6 Å². The summed E-state index contributed by atoms with van der Waals surface area (Å²) < 4.78 is 0. The molecule has 0 atom stereocenters. The summed E-state index contributed by atoms with van der Waals surface area (Å²) in [6.45, 7) is 3.68. The third-order valence-corrected chi connectivity index (χ3v) is 1.58. The van der Waals surface area contributed by atoms with Gasteiger partial charge in [-0.2, -0.15) is 0 Å². The number of carbonyl (C=O) groups is 3. The summed E-state index contributed by atoms with van der Waals surface area (Å²) in [5.41, 5.74) is 0. The first kappa shape index (κ1) is 12.6. The number of likely N-dealkylation sites (N-methyl/N-ethyl adjacent to an activating group) is 2. The molecule has 0 saturated heterocycles. The Morgan fingerprint density at radius 3 is 2.29 bits per heavy atom. The Balaban J connectivity index is 3.94. The van der Waals surface area contributed by atoms with Crippen molar-refractivity contribution in [2.45, 2.75) is 20.3 Å². The van der Waals surface area contributed by atoms with Crippen molar-refractivity contribution in [3.63, 3.8) is 0 Å². The summed E-state index contributed by atoms with van der Waals surface area (Å²) in [4.78, 5) is 34.1. The van der Waals surface area contributed by atoms with Gasteiger partial charge in [0, 0.05) is 13.6 Å². The molecule has 0 spiro atoms. The zero-order valence-electron chi connectivity index (χ0n) is 8.79. The van der Waals surface area contributed by atoms with Gasteiger partial charge in [-0.25, -0.2) is 0 Å². The number of hydrogen-bond donors (Lipinski definition) is 1. The first-order valence-corrected chi connectivity index (χ1v) is 4.47. The molecule has 0 rings (SSSR count). The van der Waals surface area contributed by atoms with E-state index in [0.29, 0.717) is 6.54 Å². The number of nitrogens with zero attached hydrogens (tertiary/aromatic N) is 1. The van der Waals surface area contributed by atoms with E-state index in [-0.39, 0.29) is 30.6 Å². The number of Topliss-reactive ketones (excluding diaryl/α,β-unsaturated/α-hetero) is 1. The third-order valence-electron chi connectivity index (χ3n) is 1.58. The van der Waals surface area contributed by atoms with Crippen LogP contribution in [0.4, 0.5) is 0 Å². The van der Waals surface area contributed by atoms with Gasteiger partial charge in [-0.3, -0.25) is 14.4 Å². The predicted molar refractivity (Wildman–Crippen MR) is 51.6 cm³/mol. The smallest absolute Gasteiger partial charge is 0.239 e. The van der Waals surface area contributed by atoms with Crippen LogP contribution in [0.2, 0.25) is 0 Å². The molecule has 5 heteroatoms. The van der Waals surface area contributed by atoms with Crippen molar-refractivity contribution < 1.29 is 14.4 Å². The van der Waals surface area contributed by atoms with Crippen LogP contribution in [0.15, 0.2) is 0 Å². The minimum atomic E-state index is -0.330.